The van der Waals surface area contributed by atoms with E-state index in [4.69, 9.17) is 11.6 Å². The van der Waals surface area contributed by atoms with Gasteiger partial charge in [0, 0.05) is 48.4 Å². The number of carbonyl (C=O) groups is 2. The topological polar surface area (TPSA) is 86.8 Å². The molecule has 1 amide bonds. The summed E-state index contributed by atoms with van der Waals surface area (Å²) in [6.45, 7) is 3.08. The van der Waals surface area contributed by atoms with E-state index in [2.05, 4.69) is 10.2 Å². The minimum Gasteiger partial charge on any atom is -0.324 e. The molecular formula is C23H26ClN3O4S. The molecule has 2 aromatic rings. The smallest absolute Gasteiger partial charge is 0.238 e. The van der Waals surface area contributed by atoms with Gasteiger partial charge in [-0.25, -0.2) is 8.42 Å². The molecule has 2 saturated heterocycles. The number of amides is 1. The van der Waals surface area contributed by atoms with Crippen LogP contribution in [0.5, 0.6) is 0 Å². The summed E-state index contributed by atoms with van der Waals surface area (Å²) in [6.07, 6.45) is 0.692. The molecule has 2 aliphatic rings. The van der Waals surface area contributed by atoms with Crippen LogP contribution in [0.25, 0.3) is 0 Å². The zero-order valence-corrected chi connectivity index (χ0v) is 19.2. The number of anilines is 1. The third-order valence-electron chi connectivity index (χ3n) is 6.04. The number of nitrogens with zero attached hydrogens (tertiary/aromatic N) is 2. The van der Waals surface area contributed by atoms with Gasteiger partial charge in [-0.1, -0.05) is 41.9 Å². The van der Waals surface area contributed by atoms with E-state index < -0.39 is 9.84 Å². The van der Waals surface area contributed by atoms with Gasteiger partial charge < -0.3 is 5.32 Å². The highest BCUT2D eigenvalue weighted by molar-refractivity contribution is 7.91. The maximum atomic E-state index is 12.9. The van der Waals surface area contributed by atoms with Crippen molar-refractivity contribution < 1.29 is 18.0 Å². The highest BCUT2D eigenvalue weighted by Gasteiger charge is 2.33. The number of ketones is 1. The van der Waals surface area contributed by atoms with Crippen molar-refractivity contribution in [3.05, 3.63) is 64.7 Å². The minimum absolute atomic E-state index is 0.0941. The Morgan fingerprint density at radius 3 is 2.41 bits per heavy atom. The summed E-state index contributed by atoms with van der Waals surface area (Å²) in [5.74, 6) is 0.100. The first-order chi connectivity index (χ1) is 15.3. The van der Waals surface area contributed by atoms with Crippen molar-refractivity contribution in [3.63, 3.8) is 0 Å². The number of nitrogens with one attached hydrogen (secondary N) is 1. The lowest BCUT2D eigenvalue weighted by Gasteiger charge is -2.37. The SMILES string of the molecule is O=C(CN1CCN([C@@H]2CCS(=O)(=O)C2)CC1)Nc1ccc(Cl)cc1C(=O)c1ccccc1. The molecule has 32 heavy (non-hydrogen) atoms. The molecule has 170 valence electrons. The fraction of sp³-hybridized carbons (Fsp3) is 0.391. The van der Waals surface area contributed by atoms with Crippen molar-refractivity contribution in [3.8, 4) is 0 Å². The van der Waals surface area contributed by atoms with Crippen LogP contribution >= 0.6 is 11.6 Å². The first kappa shape index (κ1) is 22.9. The van der Waals surface area contributed by atoms with Gasteiger partial charge in [-0.3, -0.25) is 19.4 Å². The molecule has 1 N–H and O–H groups in total. The maximum absolute atomic E-state index is 12.9. The predicted molar refractivity (Wildman–Crippen MR) is 125 cm³/mol. The zero-order valence-electron chi connectivity index (χ0n) is 17.7. The van der Waals surface area contributed by atoms with Gasteiger partial charge in [-0.15, -0.1) is 0 Å². The van der Waals surface area contributed by atoms with Crippen LogP contribution in [0.15, 0.2) is 48.5 Å². The molecule has 0 unspecified atom stereocenters. The molecule has 1 atom stereocenters. The Morgan fingerprint density at radius 2 is 1.75 bits per heavy atom. The lowest BCUT2D eigenvalue weighted by Crippen LogP contribution is -2.52. The third-order valence-corrected chi connectivity index (χ3v) is 8.02. The first-order valence-electron chi connectivity index (χ1n) is 10.7. The van der Waals surface area contributed by atoms with Crippen LogP contribution < -0.4 is 5.32 Å². The van der Waals surface area contributed by atoms with Gasteiger partial charge in [-0.2, -0.15) is 0 Å². The van der Waals surface area contributed by atoms with Crippen LogP contribution in [0.4, 0.5) is 5.69 Å². The van der Waals surface area contributed by atoms with E-state index in [1.807, 2.05) is 11.0 Å². The quantitative estimate of drug-likeness (QED) is 0.645. The molecule has 4 rings (SSSR count). The van der Waals surface area contributed by atoms with Crippen molar-refractivity contribution in [1.82, 2.24) is 9.80 Å². The molecule has 7 nitrogen and oxygen atoms in total. The van der Waals surface area contributed by atoms with E-state index in [1.165, 1.54) is 0 Å². The normalized spacial score (nSPS) is 21.3. The molecule has 0 aromatic heterocycles. The Morgan fingerprint density at radius 1 is 1.03 bits per heavy atom. The highest BCUT2D eigenvalue weighted by Crippen LogP contribution is 2.24. The van der Waals surface area contributed by atoms with Gasteiger partial charge in [0.05, 0.1) is 23.7 Å². The zero-order chi connectivity index (χ0) is 22.7. The van der Waals surface area contributed by atoms with Gasteiger partial charge in [0.1, 0.15) is 0 Å². The second-order valence-electron chi connectivity index (χ2n) is 8.30. The molecule has 0 saturated carbocycles. The fourth-order valence-electron chi connectivity index (χ4n) is 4.30. The van der Waals surface area contributed by atoms with Crippen molar-refractivity contribution in [2.75, 3.05) is 49.5 Å². The lowest BCUT2D eigenvalue weighted by atomic mass is 10.0. The Kier molecular flexibility index (Phi) is 6.95. The van der Waals surface area contributed by atoms with Crippen molar-refractivity contribution in [2.24, 2.45) is 0 Å². The fourth-order valence-corrected chi connectivity index (χ4v) is 6.23. The van der Waals surface area contributed by atoms with Crippen LogP contribution in [0.2, 0.25) is 5.02 Å². The van der Waals surface area contributed by atoms with Crippen LogP contribution in [-0.4, -0.2) is 80.2 Å². The molecule has 2 heterocycles. The highest BCUT2D eigenvalue weighted by atomic mass is 35.5. The predicted octanol–water partition coefficient (Wildman–Crippen LogP) is 2.31. The second-order valence-corrected chi connectivity index (χ2v) is 11.0. The van der Waals surface area contributed by atoms with Crippen LogP contribution in [0.1, 0.15) is 22.3 Å². The summed E-state index contributed by atoms with van der Waals surface area (Å²) >= 11 is 6.11. The molecule has 2 fully saturated rings. The number of halogens is 1. The van der Waals surface area contributed by atoms with E-state index in [9.17, 15) is 18.0 Å². The monoisotopic (exact) mass is 475 g/mol. The van der Waals surface area contributed by atoms with E-state index in [-0.39, 0.29) is 35.8 Å². The number of hydrogen-bond acceptors (Lipinski definition) is 6. The number of hydrogen-bond donors (Lipinski definition) is 1. The molecule has 2 aromatic carbocycles. The Balaban J connectivity index is 1.35. The number of carbonyl (C=O) groups excluding carboxylic acids is 2. The minimum atomic E-state index is -2.90. The molecule has 0 spiro atoms. The van der Waals surface area contributed by atoms with E-state index in [1.54, 1.807) is 42.5 Å². The molecule has 0 bridgehead atoms. The largest absolute Gasteiger partial charge is 0.324 e. The number of rotatable bonds is 6. The molecule has 0 aliphatic carbocycles. The summed E-state index contributed by atoms with van der Waals surface area (Å²) in [5, 5.41) is 3.28. The van der Waals surface area contributed by atoms with Crippen LogP contribution in [-0.2, 0) is 14.6 Å². The number of benzene rings is 2. The Bertz CT molecular complexity index is 1100. The summed E-state index contributed by atoms with van der Waals surface area (Å²) in [5.41, 5.74) is 1.31. The lowest BCUT2D eigenvalue weighted by molar-refractivity contribution is -0.117. The first-order valence-corrected chi connectivity index (χ1v) is 12.9. The van der Waals surface area contributed by atoms with Gasteiger partial charge in [0.15, 0.2) is 15.6 Å². The standard InChI is InChI=1S/C23H26ClN3O4S/c24-18-6-7-21(20(14-18)23(29)17-4-2-1-3-5-17)25-22(28)15-26-9-11-27(12-10-26)19-8-13-32(30,31)16-19/h1-7,14,19H,8-13,15-16H2,(H,25,28)/t19-/m1/s1. The van der Waals surface area contributed by atoms with Gasteiger partial charge >= 0.3 is 0 Å². The van der Waals surface area contributed by atoms with E-state index in [0.717, 1.165) is 13.1 Å². The summed E-state index contributed by atoms with van der Waals surface area (Å²) in [4.78, 5) is 29.9. The van der Waals surface area contributed by atoms with E-state index in [0.29, 0.717) is 41.3 Å². The molecule has 0 radical (unpaired) electrons. The van der Waals surface area contributed by atoms with Crippen molar-refractivity contribution in [2.45, 2.75) is 12.5 Å². The van der Waals surface area contributed by atoms with Gasteiger partial charge in [-0.05, 0) is 24.6 Å². The Labute approximate surface area is 193 Å². The molecular weight excluding hydrogens is 450 g/mol. The molecule has 9 heteroatoms. The summed E-state index contributed by atoms with van der Waals surface area (Å²) in [7, 11) is -2.90. The Hall–Kier alpha value is -2.26. The van der Waals surface area contributed by atoms with Crippen molar-refractivity contribution >= 4 is 38.8 Å². The average Bonchev–Trinajstić information content (AvgIpc) is 3.15. The van der Waals surface area contributed by atoms with Gasteiger partial charge in [0.2, 0.25) is 5.91 Å². The van der Waals surface area contributed by atoms with Crippen LogP contribution in [0.3, 0.4) is 0 Å². The van der Waals surface area contributed by atoms with E-state index >= 15 is 0 Å². The summed E-state index contributed by atoms with van der Waals surface area (Å²) in [6, 6.07) is 13.8. The maximum Gasteiger partial charge on any atom is 0.238 e. The molecule has 2 aliphatic heterocycles. The number of piperazine rings is 1. The van der Waals surface area contributed by atoms with Gasteiger partial charge in [0.25, 0.3) is 0 Å². The second kappa shape index (κ2) is 9.70. The number of sulfone groups is 1. The third kappa shape index (κ3) is 5.56. The average molecular weight is 476 g/mol. The van der Waals surface area contributed by atoms with Crippen LogP contribution in [0, 0.1) is 0 Å². The summed E-state index contributed by atoms with van der Waals surface area (Å²) < 4.78 is 23.5. The van der Waals surface area contributed by atoms with Crippen molar-refractivity contribution in [1.29, 1.82) is 0 Å².